The van der Waals surface area contributed by atoms with Crippen molar-refractivity contribution in [3.05, 3.63) is 35.9 Å². The lowest BCUT2D eigenvalue weighted by Crippen LogP contribution is -2.45. The molecule has 112 valence electrons. The van der Waals surface area contributed by atoms with E-state index in [0.717, 1.165) is 18.5 Å². The van der Waals surface area contributed by atoms with E-state index in [2.05, 4.69) is 10.2 Å². The van der Waals surface area contributed by atoms with Crippen molar-refractivity contribution in [2.75, 3.05) is 27.2 Å². The highest BCUT2D eigenvalue weighted by Crippen LogP contribution is 2.35. The Hall–Kier alpha value is -1.88. The quantitative estimate of drug-likeness (QED) is 0.865. The highest BCUT2D eigenvalue weighted by atomic mass is 16.2. The van der Waals surface area contributed by atoms with Crippen molar-refractivity contribution in [3.63, 3.8) is 0 Å². The molecule has 2 aliphatic heterocycles. The third kappa shape index (κ3) is 2.42. The van der Waals surface area contributed by atoms with Crippen LogP contribution in [0.1, 0.15) is 16.8 Å². The van der Waals surface area contributed by atoms with Crippen molar-refractivity contribution >= 4 is 11.8 Å². The van der Waals surface area contributed by atoms with Crippen molar-refractivity contribution < 1.29 is 9.59 Å². The van der Waals surface area contributed by atoms with Crippen LogP contribution in [0, 0.1) is 5.92 Å². The van der Waals surface area contributed by atoms with Gasteiger partial charge in [-0.1, -0.05) is 18.2 Å². The van der Waals surface area contributed by atoms with Crippen LogP contribution in [0.25, 0.3) is 0 Å². The maximum atomic E-state index is 12.5. The van der Waals surface area contributed by atoms with Crippen LogP contribution in [0.2, 0.25) is 0 Å². The van der Waals surface area contributed by atoms with Crippen LogP contribution in [0.15, 0.2) is 30.3 Å². The van der Waals surface area contributed by atoms with Crippen molar-refractivity contribution in [2.24, 2.45) is 5.92 Å². The average Bonchev–Trinajstić information content (AvgIpc) is 3.06. The lowest BCUT2D eigenvalue weighted by molar-refractivity contribution is -0.125. The third-order valence-corrected chi connectivity index (χ3v) is 4.80. The fourth-order valence-electron chi connectivity index (χ4n) is 3.62. The maximum absolute atomic E-state index is 12.5. The monoisotopic (exact) mass is 287 g/mol. The second kappa shape index (κ2) is 5.48. The molecule has 0 aliphatic carbocycles. The molecular formula is C16H21N3O2. The summed E-state index contributed by atoms with van der Waals surface area (Å²) in [6, 6.07) is 9.63. The van der Waals surface area contributed by atoms with E-state index in [9.17, 15) is 9.59 Å². The summed E-state index contributed by atoms with van der Waals surface area (Å²) < 4.78 is 0. The summed E-state index contributed by atoms with van der Waals surface area (Å²) in [4.78, 5) is 28.4. The molecule has 2 fully saturated rings. The summed E-state index contributed by atoms with van der Waals surface area (Å²) in [5.41, 5.74) is 0.739. The van der Waals surface area contributed by atoms with Gasteiger partial charge in [0.25, 0.3) is 5.91 Å². The van der Waals surface area contributed by atoms with Gasteiger partial charge in [-0.3, -0.25) is 14.5 Å². The zero-order valence-corrected chi connectivity index (χ0v) is 12.5. The van der Waals surface area contributed by atoms with Crippen LogP contribution < -0.4 is 5.32 Å². The van der Waals surface area contributed by atoms with Crippen molar-refractivity contribution in [2.45, 2.75) is 18.5 Å². The Labute approximate surface area is 124 Å². The van der Waals surface area contributed by atoms with E-state index >= 15 is 0 Å². The highest BCUT2D eigenvalue weighted by molar-refractivity contribution is 5.94. The first-order valence-corrected chi connectivity index (χ1v) is 7.39. The normalized spacial score (nSPS) is 28.5. The van der Waals surface area contributed by atoms with E-state index < -0.39 is 0 Å². The van der Waals surface area contributed by atoms with Gasteiger partial charge in [-0.2, -0.15) is 0 Å². The first kappa shape index (κ1) is 14.1. The number of nitrogens with zero attached hydrogens (tertiary/aromatic N) is 2. The molecule has 1 aromatic rings. The van der Waals surface area contributed by atoms with Gasteiger partial charge in [-0.25, -0.2) is 0 Å². The molecule has 5 heteroatoms. The fraction of sp³-hybridized carbons (Fsp3) is 0.500. The first-order valence-electron chi connectivity index (χ1n) is 7.39. The lowest BCUT2D eigenvalue weighted by Gasteiger charge is -2.25. The van der Waals surface area contributed by atoms with Crippen LogP contribution in [0.3, 0.4) is 0 Å². The molecule has 0 radical (unpaired) electrons. The molecule has 0 spiro atoms. The smallest absolute Gasteiger partial charge is 0.253 e. The van der Waals surface area contributed by atoms with Crippen molar-refractivity contribution in [1.82, 2.24) is 15.1 Å². The Bertz CT molecular complexity index is 546. The molecule has 3 atom stereocenters. The molecule has 0 aromatic heterocycles. The van der Waals surface area contributed by atoms with Crippen LogP contribution in [0.4, 0.5) is 0 Å². The number of hydrogen-bond donors (Lipinski definition) is 1. The Morgan fingerprint density at radius 1 is 1.19 bits per heavy atom. The predicted octanol–water partition coefficient (Wildman–Crippen LogP) is 0.577. The van der Waals surface area contributed by atoms with Crippen LogP contribution in [-0.2, 0) is 4.79 Å². The minimum absolute atomic E-state index is 0.0565. The van der Waals surface area contributed by atoms with Crippen LogP contribution in [-0.4, -0.2) is 60.9 Å². The standard InChI is InChI=1S/C16H21N3O2/c1-17-15(20)13-8-12-9-19(10-14(12)18(13)2)16(21)11-6-4-3-5-7-11/h3-7,12-14H,8-10H2,1-2H3,(H,17,20)/t12-,13-,14+/m0/s1. The molecule has 0 bridgehead atoms. The number of carbonyl (C=O) groups is 2. The Morgan fingerprint density at radius 2 is 1.90 bits per heavy atom. The molecule has 0 unspecified atom stereocenters. The molecule has 1 aromatic carbocycles. The van der Waals surface area contributed by atoms with E-state index in [1.54, 1.807) is 7.05 Å². The Kier molecular flexibility index (Phi) is 3.68. The molecule has 0 saturated carbocycles. The average molecular weight is 287 g/mol. The number of nitrogens with one attached hydrogen (secondary N) is 1. The summed E-state index contributed by atoms with van der Waals surface area (Å²) in [6.45, 7) is 1.46. The second-order valence-corrected chi connectivity index (χ2v) is 5.93. The fourth-order valence-corrected chi connectivity index (χ4v) is 3.62. The Balaban J connectivity index is 1.69. The van der Waals surface area contributed by atoms with Gasteiger partial charge in [-0.05, 0) is 31.5 Å². The molecule has 21 heavy (non-hydrogen) atoms. The number of rotatable bonds is 2. The number of likely N-dealkylation sites (tertiary alicyclic amines) is 2. The first-order chi connectivity index (χ1) is 10.1. The van der Waals surface area contributed by atoms with Gasteiger partial charge in [0.05, 0.1) is 6.04 Å². The van der Waals surface area contributed by atoms with E-state index in [-0.39, 0.29) is 17.9 Å². The summed E-state index contributed by atoms with van der Waals surface area (Å²) in [6.07, 6.45) is 0.833. The van der Waals surface area contributed by atoms with Gasteiger partial charge < -0.3 is 10.2 Å². The SMILES string of the molecule is CNC(=O)[C@@H]1C[C@H]2CN(C(=O)c3ccccc3)C[C@H]2N1C. The molecule has 2 saturated heterocycles. The predicted molar refractivity (Wildman–Crippen MR) is 79.9 cm³/mol. The van der Waals surface area contributed by atoms with Crippen molar-refractivity contribution in [1.29, 1.82) is 0 Å². The minimum atomic E-state index is -0.0565. The summed E-state index contributed by atoms with van der Waals surface area (Å²) >= 11 is 0. The summed E-state index contributed by atoms with van der Waals surface area (Å²) in [5.74, 6) is 0.563. The number of amides is 2. The summed E-state index contributed by atoms with van der Waals surface area (Å²) in [7, 11) is 3.66. The van der Waals surface area contributed by atoms with Gasteiger partial charge in [-0.15, -0.1) is 0 Å². The largest absolute Gasteiger partial charge is 0.358 e. The van der Waals surface area contributed by atoms with E-state index in [1.165, 1.54) is 0 Å². The molecular weight excluding hydrogens is 266 g/mol. The zero-order valence-electron chi connectivity index (χ0n) is 12.5. The zero-order chi connectivity index (χ0) is 15.0. The maximum Gasteiger partial charge on any atom is 0.253 e. The number of likely N-dealkylation sites (N-methyl/N-ethyl adjacent to an activating group) is 2. The van der Waals surface area contributed by atoms with Gasteiger partial charge in [0.1, 0.15) is 0 Å². The molecule has 2 heterocycles. The highest BCUT2D eigenvalue weighted by Gasteiger charge is 2.47. The number of benzene rings is 1. The third-order valence-electron chi connectivity index (χ3n) is 4.80. The molecule has 2 aliphatic rings. The number of fused-ring (bicyclic) bond motifs is 1. The van der Waals surface area contributed by atoms with Crippen LogP contribution >= 0.6 is 0 Å². The molecule has 1 N–H and O–H groups in total. The number of hydrogen-bond acceptors (Lipinski definition) is 3. The topological polar surface area (TPSA) is 52.7 Å². The lowest BCUT2D eigenvalue weighted by atomic mass is 10.0. The molecule has 3 rings (SSSR count). The Morgan fingerprint density at radius 3 is 2.52 bits per heavy atom. The van der Waals surface area contributed by atoms with Gasteiger partial charge in [0, 0.05) is 31.7 Å². The van der Waals surface area contributed by atoms with E-state index in [1.807, 2.05) is 42.3 Å². The van der Waals surface area contributed by atoms with E-state index in [0.29, 0.717) is 18.5 Å². The van der Waals surface area contributed by atoms with Crippen LogP contribution in [0.5, 0.6) is 0 Å². The molecule has 5 nitrogen and oxygen atoms in total. The summed E-state index contributed by atoms with van der Waals surface area (Å²) in [5, 5.41) is 2.73. The van der Waals surface area contributed by atoms with Gasteiger partial charge in [0.15, 0.2) is 0 Å². The van der Waals surface area contributed by atoms with E-state index in [4.69, 9.17) is 0 Å². The van der Waals surface area contributed by atoms with Gasteiger partial charge in [0.2, 0.25) is 5.91 Å². The van der Waals surface area contributed by atoms with Crippen molar-refractivity contribution in [3.8, 4) is 0 Å². The minimum Gasteiger partial charge on any atom is -0.358 e. The van der Waals surface area contributed by atoms with Gasteiger partial charge >= 0.3 is 0 Å². The molecule has 2 amide bonds. The number of carbonyl (C=O) groups excluding carboxylic acids is 2. The second-order valence-electron chi connectivity index (χ2n) is 5.93.